The molecular weight excluding hydrogens is 366 g/mol. The van der Waals surface area contributed by atoms with E-state index in [-0.39, 0.29) is 0 Å². The Balaban J connectivity index is 1.11. The van der Waals surface area contributed by atoms with Crippen molar-refractivity contribution in [3.05, 3.63) is 59.2 Å². The van der Waals surface area contributed by atoms with Crippen molar-refractivity contribution in [1.29, 1.82) is 0 Å². The van der Waals surface area contributed by atoms with Crippen LogP contribution in [0.5, 0.6) is 11.5 Å². The Bertz CT molecular complexity index is 893. The number of benzene rings is 2. The van der Waals surface area contributed by atoms with Gasteiger partial charge in [-0.15, -0.1) is 0 Å². The molecule has 0 spiro atoms. The summed E-state index contributed by atoms with van der Waals surface area (Å²) in [4.78, 5) is 17.8. The Hall–Kier alpha value is -2.57. The fraction of sp³-hybridized carbons (Fsp3) is 0.435. The zero-order valence-corrected chi connectivity index (χ0v) is 16.8. The molecule has 0 aromatic heterocycles. The van der Waals surface area contributed by atoms with Gasteiger partial charge in [-0.1, -0.05) is 24.3 Å². The fourth-order valence-electron chi connectivity index (χ4n) is 4.71. The predicted octanol–water partition coefficient (Wildman–Crippen LogP) is -0.716. The van der Waals surface area contributed by atoms with Gasteiger partial charge >= 0.3 is 0 Å². The van der Waals surface area contributed by atoms with Gasteiger partial charge in [0.25, 0.3) is 5.91 Å². The molecule has 6 heteroatoms. The van der Waals surface area contributed by atoms with Crippen molar-refractivity contribution in [2.75, 3.05) is 46.1 Å². The molecular formula is C23H29N3O3+2. The number of amides is 1. The minimum absolute atomic E-state index is 0.307. The van der Waals surface area contributed by atoms with E-state index in [0.29, 0.717) is 19.2 Å². The number of hydrogen-bond donors (Lipinski definition) is 2. The molecule has 0 aliphatic carbocycles. The van der Waals surface area contributed by atoms with Crippen molar-refractivity contribution in [3.8, 4) is 11.5 Å². The van der Waals surface area contributed by atoms with Crippen molar-refractivity contribution < 1.29 is 24.1 Å². The Kier molecular flexibility index (Phi) is 5.12. The third-order valence-electron chi connectivity index (χ3n) is 6.42. The Morgan fingerprint density at radius 3 is 2.59 bits per heavy atom. The highest BCUT2D eigenvalue weighted by Crippen LogP contribution is 2.32. The van der Waals surface area contributed by atoms with E-state index >= 15 is 0 Å². The smallest absolute Gasteiger partial charge is 0.278 e. The molecule has 3 aliphatic rings. The van der Waals surface area contributed by atoms with Crippen LogP contribution in [0.2, 0.25) is 0 Å². The lowest BCUT2D eigenvalue weighted by molar-refractivity contribution is -0.918. The van der Waals surface area contributed by atoms with Crippen molar-refractivity contribution in [1.82, 2.24) is 4.90 Å². The highest BCUT2D eigenvalue weighted by Gasteiger charge is 2.28. The molecule has 2 N–H and O–H groups in total. The van der Waals surface area contributed by atoms with E-state index < -0.39 is 0 Å². The monoisotopic (exact) mass is 395 g/mol. The third-order valence-corrected chi connectivity index (χ3v) is 6.42. The fourth-order valence-corrected chi connectivity index (χ4v) is 4.71. The van der Waals surface area contributed by atoms with E-state index in [4.69, 9.17) is 9.47 Å². The average molecular weight is 396 g/mol. The number of nitrogens with zero attached hydrogens (tertiary/aromatic N) is 1. The van der Waals surface area contributed by atoms with Crippen LogP contribution in [0.25, 0.3) is 0 Å². The van der Waals surface area contributed by atoms with Crippen LogP contribution in [0.3, 0.4) is 0 Å². The number of ether oxygens (including phenoxy) is 2. The van der Waals surface area contributed by atoms with Gasteiger partial charge in [-0.25, -0.2) is 0 Å². The summed E-state index contributed by atoms with van der Waals surface area (Å²) in [7, 11) is 0. The van der Waals surface area contributed by atoms with Gasteiger partial charge < -0.3 is 24.2 Å². The number of piperazine rings is 1. The first kappa shape index (κ1) is 18.5. The molecule has 0 bridgehead atoms. The van der Waals surface area contributed by atoms with E-state index in [1.165, 1.54) is 26.5 Å². The molecule has 1 fully saturated rings. The van der Waals surface area contributed by atoms with Gasteiger partial charge in [-0.2, -0.15) is 0 Å². The largest absolute Gasteiger partial charge is 0.454 e. The second-order valence-electron chi connectivity index (χ2n) is 8.37. The van der Waals surface area contributed by atoms with E-state index in [9.17, 15) is 4.79 Å². The molecule has 1 unspecified atom stereocenters. The number of nitrogens with one attached hydrogen (secondary N) is 2. The highest BCUT2D eigenvalue weighted by molar-refractivity contribution is 5.77. The number of quaternary nitrogens is 2. The topological polar surface area (TPSA) is 47.7 Å². The second kappa shape index (κ2) is 8.05. The molecule has 2 aromatic carbocycles. The number of rotatable bonds is 4. The lowest BCUT2D eigenvalue weighted by Crippen LogP contribution is -3.14. The Morgan fingerprint density at radius 2 is 1.72 bits per heavy atom. The molecule has 29 heavy (non-hydrogen) atoms. The van der Waals surface area contributed by atoms with Crippen molar-refractivity contribution in [2.24, 2.45) is 0 Å². The highest BCUT2D eigenvalue weighted by atomic mass is 16.7. The van der Waals surface area contributed by atoms with Gasteiger partial charge in [0.2, 0.25) is 6.79 Å². The van der Waals surface area contributed by atoms with Crippen LogP contribution in [0.4, 0.5) is 0 Å². The maximum atomic E-state index is 12.8. The quantitative estimate of drug-likeness (QED) is 0.719. The van der Waals surface area contributed by atoms with Gasteiger partial charge in [-0.05, 0) is 23.8 Å². The molecule has 5 rings (SSSR count). The summed E-state index contributed by atoms with van der Waals surface area (Å²) < 4.78 is 10.9. The van der Waals surface area contributed by atoms with E-state index in [0.717, 1.165) is 63.7 Å². The average Bonchev–Trinajstić information content (AvgIpc) is 3.22. The lowest BCUT2D eigenvalue weighted by atomic mass is 10.00. The molecule has 0 radical (unpaired) electrons. The summed E-state index contributed by atoms with van der Waals surface area (Å²) in [5.74, 6) is 1.99. The maximum Gasteiger partial charge on any atom is 0.278 e. The molecule has 2 aromatic rings. The predicted molar refractivity (Wildman–Crippen MR) is 108 cm³/mol. The van der Waals surface area contributed by atoms with Gasteiger partial charge in [0.15, 0.2) is 18.0 Å². The molecule has 1 atom stereocenters. The minimum Gasteiger partial charge on any atom is -0.454 e. The van der Waals surface area contributed by atoms with E-state index in [1.54, 1.807) is 0 Å². The Labute approximate surface area is 171 Å². The molecule has 1 saturated heterocycles. The molecule has 1 amide bonds. The zero-order chi connectivity index (χ0) is 19.6. The summed E-state index contributed by atoms with van der Waals surface area (Å²) in [5, 5.41) is 0. The standard InChI is InChI=1S/C23H27N3O3/c27-23(16-25-8-7-19-3-1-2-4-20(19)15-25)26-11-9-24(10-12-26)14-18-5-6-21-22(13-18)29-17-28-21/h1-6,13H,7-12,14-17H2/p+2. The van der Waals surface area contributed by atoms with Crippen LogP contribution in [0, 0.1) is 0 Å². The molecule has 0 saturated carbocycles. The van der Waals surface area contributed by atoms with Gasteiger partial charge in [0, 0.05) is 17.5 Å². The first-order chi connectivity index (χ1) is 14.2. The molecule has 3 heterocycles. The SMILES string of the molecule is O=C(C[NH+]1CCc2ccccc2C1)N1CC[NH+](Cc2ccc3c(c2)OCO3)CC1. The van der Waals surface area contributed by atoms with E-state index in [1.807, 2.05) is 6.07 Å². The molecule has 3 aliphatic heterocycles. The summed E-state index contributed by atoms with van der Waals surface area (Å²) >= 11 is 0. The van der Waals surface area contributed by atoms with Crippen LogP contribution in [-0.4, -0.2) is 56.9 Å². The van der Waals surface area contributed by atoms with Gasteiger partial charge in [-0.3, -0.25) is 4.79 Å². The summed E-state index contributed by atoms with van der Waals surface area (Å²) in [6, 6.07) is 14.8. The van der Waals surface area contributed by atoms with Crippen LogP contribution in [0.15, 0.2) is 42.5 Å². The summed E-state index contributed by atoms with van der Waals surface area (Å²) in [5.41, 5.74) is 4.12. The molecule has 6 nitrogen and oxygen atoms in total. The number of hydrogen-bond acceptors (Lipinski definition) is 3. The second-order valence-corrected chi connectivity index (χ2v) is 8.37. The number of carbonyl (C=O) groups excluding carboxylic acids is 1. The van der Waals surface area contributed by atoms with Crippen LogP contribution in [-0.2, 0) is 24.3 Å². The van der Waals surface area contributed by atoms with E-state index in [2.05, 4.69) is 41.3 Å². The van der Waals surface area contributed by atoms with Gasteiger partial charge in [0.05, 0.1) is 32.7 Å². The van der Waals surface area contributed by atoms with Crippen LogP contribution in [0.1, 0.15) is 16.7 Å². The maximum absolute atomic E-state index is 12.8. The lowest BCUT2D eigenvalue weighted by Gasteiger charge is -2.33. The number of carbonyl (C=O) groups is 1. The van der Waals surface area contributed by atoms with Crippen LogP contribution >= 0.6 is 0 Å². The summed E-state index contributed by atoms with van der Waals surface area (Å²) in [6.07, 6.45) is 1.08. The van der Waals surface area contributed by atoms with Crippen molar-refractivity contribution in [3.63, 3.8) is 0 Å². The summed E-state index contributed by atoms with van der Waals surface area (Å²) in [6.45, 7) is 7.62. The van der Waals surface area contributed by atoms with Gasteiger partial charge in [0.1, 0.15) is 13.1 Å². The first-order valence-electron chi connectivity index (χ1n) is 10.6. The van der Waals surface area contributed by atoms with Crippen LogP contribution < -0.4 is 19.3 Å². The van der Waals surface area contributed by atoms with Crippen molar-refractivity contribution >= 4 is 5.91 Å². The first-order valence-corrected chi connectivity index (χ1v) is 10.6. The molecule has 152 valence electrons. The third kappa shape index (κ3) is 4.09. The van der Waals surface area contributed by atoms with Crippen molar-refractivity contribution in [2.45, 2.75) is 19.5 Å². The zero-order valence-electron chi connectivity index (χ0n) is 16.8. The minimum atomic E-state index is 0.307. The normalized spacial score (nSPS) is 21.1. The number of fused-ring (bicyclic) bond motifs is 2. The Morgan fingerprint density at radius 1 is 0.931 bits per heavy atom.